The predicted molar refractivity (Wildman–Crippen MR) is 95.2 cm³/mol. The first kappa shape index (κ1) is 16.9. The fraction of sp³-hybridized carbons (Fsp3) is 0.211. The van der Waals surface area contributed by atoms with Crippen LogP contribution >= 0.6 is 0 Å². The van der Waals surface area contributed by atoms with Crippen LogP contribution in [0.1, 0.15) is 17.0 Å². The molecule has 1 aliphatic rings. The Bertz CT molecular complexity index is 828. The summed E-state index contributed by atoms with van der Waals surface area (Å²) in [5, 5.41) is 2.34. The number of carbonyl (C=O) groups excluding carboxylic acids is 2. The molecule has 0 aliphatic carbocycles. The minimum absolute atomic E-state index is 0.168. The Morgan fingerprint density at radius 2 is 1.84 bits per heavy atom. The molecule has 0 spiro atoms. The highest BCUT2D eigenvalue weighted by atomic mass is 16.5. The summed E-state index contributed by atoms with van der Waals surface area (Å²) >= 11 is 0. The lowest BCUT2D eigenvalue weighted by Crippen LogP contribution is -2.22. The first-order valence-electron chi connectivity index (χ1n) is 7.99. The second-order valence-corrected chi connectivity index (χ2v) is 5.70. The van der Waals surface area contributed by atoms with Gasteiger partial charge in [0.1, 0.15) is 17.4 Å². The van der Waals surface area contributed by atoms with Crippen LogP contribution in [-0.2, 0) is 16.0 Å². The molecular formula is C19H19N3O3. The maximum absolute atomic E-state index is 12.3. The number of nitrogens with one attached hydrogen (secondary N) is 1. The van der Waals surface area contributed by atoms with Crippen LogP contribution in [-0.4, -0.2) is 31.2 Å². The Morgan fingerprint density at radius 3 is 2.52 bits per heavy atom. The van der Waals surface area contributed by atoms with Crippen LogP contribution in [0.15, 0.2) is 53.5 Å². The number of nitrogens with two attached hydrogens (primary N) is 1. The second-order valence-electron chi connectivity index (χ2n) is 5.70. The minimum Gasteiger partial charge on any atom is -0.496 e. The average Bonchev–Trinajstić information content (AvgIpc) is 2.90. The maximum atomic E-state index is 12.3. The first-order valence-corrected chi connectivity index (χ1v) is 7.99. The predicted octanol–water partition coefficient (Wildman–Crippen LogP) is 1.71. The highest BCUT2D eigenvalue weighted by molar-refractivity contribution is 6.52. The molecule has 2 aromatic rings. The first-order chi connectivity index (χ1) is 12.1. The van der Waals surface area contributed by atoms with Crippen LogP contribution in [0.5, 0.6) is 5.75 Å². The molecule has 1 saturated heterocycles. The number of hydrogen-bond donors (Lipinski definition) is 2. The van der Waals surface area contributed by atoms with Gasteiger partial charge in [-0.05, 0) is 36.7 Å². The molecule has 2 amide bonds. The van der Waals surface area contributed by atoms with Crippen LogP contribution in [0.4, 0.5) is 5.69 Å². The van der Waals surface area contributed by atoms with Gasteiger partial charge in [0.15, 0.2) is 0 Å². The van der Waals surface area contributed by atoms with Crippen LogP contribution in [0.25, 0.3) is 0 Å². The van der Waals surface area contributed by atoms with Gasteiger partial charge in [-0.2, -0.15) is 0 Å². The molecule has 1 fully saturated rings. The van der Waals surface area contributed by atoms with E-state index < -0.39 is 17.7 Å². The number of rotatable bonds is 5. The highest BCUT2D eigenvalue weighted by Gasteiger charge is 2.40. The Hall–Kier alpha value is -2.99. The topological polar surface area (TPSA) is 93.8 Å². The average molecular weight is 337 g/mol. The number of aliphatic imine (C=N–C) groups is 1. The number of benzene rings is 2. The third-order valence-corrected chi connectivity index (χ3v) is 4.07. The fourth-order valence-corrected chi connectivity index (χ4v) is 2.86. The third-order valence-electron chi connectivity index (χ3n) is 4.07. The van der Waals surface area contributed by atoms with E-state index in [9.17, 15) is 9.59 Å². The van der Waals surface area contributed by atoms with Gasteiger partial charge in [0, 0.05) is 5.56 Å². The van der Waals surface area contributed by atoms with E-state index in [1.165, 1.54) is 7.11 Å². The zero-order valence-electron chi connectivity index (χ0n) is 13.9. The summed E-state index contributed by atoms with van der Waals surface area (Å²) in [6, 6.07) is 14.6. The number of imide groups is 1. The van der Waals surface area contributed by atoms with Crippen molar-refractivity contribution < 1.29 is 14.3 Å². The van der Waals surface area contributed by atoms with E-state index in [0.29, 0.717) is 23.5 Å². The van der Waals surface area contributed by atoms with Gasteiger partial charge in [0.05, 0.1) is 12.8 Å². The van der Waals surface area contributed by atoms with Crippen LogP contribution < -0.4 is 15.8 Å². The summed E-state index contributed by atoms with van der Waals surface area (Å²) in [7, 11) is 1.53. The second kappa shape index (κ2) is 7.27. The lowest BCUT2D eigenvalue weighted by Gasteiger charge is -2.12. The Labute approximate surface area is 145 Å². The summed E-state index contributed by atoms with van der Waals surface area (Å²) in [6.07, 6.45) is 0.777. The molecule has 128 valence electrons. The van der Waals surface area contributed by atoms with E-state index in [1.54, 1.807) is 18.2 Å². The number of carbonyl (C=O) groups is 2. The van der Waals surface area contributed by atoms with Crippen molar-refractivity contribution >= 4 is 23.2 Å². The van der Waals surface area contributed by atoms with Crippen molar-refractivity contribution in [3.8, 4) is 5.75 Å². The van der Waals surface area contributed by atoms with Crippen molar-refractivity contribution in [2.45, 2.75) is 12.3 Å². The Kier molecular flexibility index (Phi) is 4.90. The molecular weight excluding hydrogens is 318 g/mol. The Balaban J connectivity index is 2.00. The van der Waals surface area contributed by atoms with Gasteiger partial charge in [-0.3, -0.25) is 14.9 Å². The van der Waals surface area contributed by atoms with Crippen LogP contribution in [0.3, 0.4) is 0 Å². The molecule has 3 N–H and O–H groups in total. The van der Waals surface area contributed by atoms with Crippen molar-refractivity contribution in [1.29, 1.82) is 0 Å². The molecule has 1 atom stereocenters. The van der Waals surface area contributed by atoms with Gasteiger partial charge >= 0.3 is 0 Å². The fourth-order valence-electron chi connectivity index (χ4n) is 2.86. The number of nitrogens with zero attached hydrogens (tertiary/aromatic N) is 1. The standard InChI is InChI=1S/C19H19N3O3/c1-25-15-5-3-2-4-14(15)16-17(19(24)22-18(16)23)21-13-8-6-12(7-9-13)10-11-20/h2-9,16H,10-11,20H2,1H3,(H,22,23,24). The molecule has 0 aromatic heterocycles. The van der Waals surface area contributed by atoms with Crippen LogP contribution in [0.2, 0.25) is 0 Å². The van der Waals surface area contributed by atoms with E-state index in [4.69, 9.17) is 10.5 Å². The van der Waals surface area contributed by atoms with Gasteiger partial charge in [-0.15, -0.1) is 0 Å². The number of ether oxygens (including phenoxy) is 1. The third kappa shape index (κ3) is 3.44. The molecule has 25 heavy (non-hydrogen) atoms. The van der Waals surface area contributed by atoms with Gasteiger partial charge in [0.2, 0.25) is 5.91 Å². The molecule has 3 rings (SSSR count). The van der Waals surface area contributed by atoms with Crippen molar-refractivity contribution in [2.24, 2.45) is 10.7 Å². The van der Waals surface area contributed by atoms with E-state index in [0.717, 1.165) is 12.0 Å². The summed E-state index contributed by atoms with van der Waals surface area (Å²) in [6.45, 7) is 0.570. The van der Waals surface area contributed by atoms with Crippen molar-refractivity contribution in [1.82, 2.24) is 5.32 Å². The SMILES string of the molecule is COc1ccccc1C1C(=O)NC(=O)C1=Nc1ccc(CCN)cc1. The highest BCUT2D eigenvalue weighted by Crippen LogP contribution is 2.31. The van der Waals surface area contributed by atoms with Gasteiger partial charge in [0.25, 0.3) is 5.91 Å². The maximum Gasteiger partial charge on any atom is 0.273 e. The minimum atomic E-state index is -0.785. The largest absolute Gasteiger partial charge is 0.496 e. The smallest absolute Gasteiger partial charge is 0.273 e. The lowest BCUT2D eigenvalue weighted by atomic mass is 9.94. The Morgan fingerprint density at radius 1 is 1.12 bits per heavy atom. The number of methoxy groups -OCH3 is 1. The summed E-state index contributed by atoms with van der Waals surface area (Å²) in [5.41, 5.74) is 8.04. The van der Waals surface area contributed by atoms with Crippen molar-refractivity contribution in [3.05, 3.63) is 59.7 Å². The summed E-state index contributed by atoms with van der Waals surface area (Å²) in [4.78, 5) is 29.0. The summed E-state index contributed by atoms with van der Waals surface area (Å²) in [5.74, 6) is -1.12. The molecule has 0 radical (unpaired) electrons. The quantitative estimate of drug-likeness (QED) is 0.812. The number of para-hydroxylation sites is 1. The molecule has 0 saturated carbocycles. The summed E-state index contributed by atoms with van der Waals surface area (Å²) < 4.78 is 5.32. The lowest BCUT2D eigenvalue weighted by molar-refractivity contribution is -0.124. The van der Waals surface area contributed by atoms with E-state index in [-0.39, 0.29) is 5.71 Å². The van der Waals surface area contributed by atoms with Gasteiger partial charge in [-0.25, -0.2) is 4.99 Å². The van der Waals surface area contributed by atoms with Crippen LogP contribution in [0, 0.1) is 0 Å². The monoisotopic (exact) mass is 337 g/mol. The normalized spacial score (nSPS) is 18.5. The van der Waals surface area contributed by atoms with Gasteiger partial charge in [-0.1, -0.05) is 30.3 Å². The van der Waals surface area contributed by atoms with Crippen molar-refractivity contribution in [2.75, 3.05) is 13.7 Å². The number of hydrogen-bond acceptors (Lipinski definition) is 5. The van der Waals surface area contributed by atoms with Crippen molar-refractivity contribution in [3.63, 3.8) is 0 Å². The van der Waals surface area contributed by atoms with E-state index in [1.807, 2.05) is 30.3 Å². The zero-order chi connectivity index (χ0) is 17.8. The molecule has 1 unspecified atom stereocenters. The molecule has 6 heteroatoms. The molecule has 0 bridgehead atoms. The molecule has 2 aromatic carbocycles. The zero-order valence-corrected chi connectivity index (χ0v) is 13.9. The molecule has 6 nitrogen and oxygen atoms in total. The molecule has 1 heterocycles. The van der Waals surface area contributed by atoms with E-state index in [2.05, 4.69) is 10.3 Å². The molecule has 1 aliphatic heterocycles. The number of amides is 2. The van der Waals surface area contributed by atoms with E-state index >= 15 is 0 Å². The van der Waals surface area contributed by atoms with Gasteiger partial charge < -0.3 is 10.5 Å².